The Morgan fingerprint density at radius 1 is 1.17 bits per heavy atom. The van der Waals surface area contributed by atoms with Crippen molar-refractivity contribution in [2.24, 2.45) is 11.8 Å². The van der Waals surface area contributed by atoms with E-state index in [4.69, 9.17) is 4.74 Å². The summed E-state index contributed by atoms with van der Waals surface area (Å²) in [5, 5.41) is 10.2. The molecule has 0 unspecified atom stereocenters. The van der Waals surface area contributed by atoms with E-state index in [1.807, 2.05) is 0 Å². The maximum atomic E-state index is 14.6. The first kappa shape index (κ1) is 23.3. The van der Waals surface area contributed by atoms with Crippen LogP contribution >= 0.6 is 0 Å². The number of aromatic nitrogens is 2. The van der Waals surface area contributed by atoms with Crippen molar-refractivity contribution in [1.29, 1.82) is 0 Å². The van der Waals surface area contributed by atoms with Crippen LogP contribution in [0.5, 0.6) is 0 Å². The molecule has 2 bridgehead atoms. The van der Waals surface area contributed by atoms with Gasteiger partial charge in [-0.25, -0.2) is 12.8 Å². The first-order valence-corrected chi connectivity index (χ1v) is 12.4. The van der Waals surface area contributed by atoms with E-state index in [1.165, 1.54) is 23.8 Å². The number of aliphatic hydroxyl groups excluding tert-OH is 1. The maximum Gasteiger partial charge on any atom is 0.311 e. The summed E-state index contributed by atoms with van der Waals surface area (Å²) in [6.45, 7) is -0.639. The van der Waals surface area contributed by atoms with E-state index in [2.05, 4.69) is 4.98 Å². The Hall–Kier alpha value is -3.41. The molecule has 1 fully saturated rings. The average molecular weight is 500 g/mol. The van der Waals surface area contributed by atoms with Crippen molar-refractivity contribution in [2.75, 3.05) is 13.7 Å². The van der Waals surface area contributed by atoms with E-state index in [0.717, 1.165) is 16.4 Å². The number of pyridine rings is 2. The number of hydrogen-bond acceptors (Lipinski definition) is 7. The third-order valence-corrected chi connectivity index (χ3v) is 8.78. The molecule has 9 nitrogen and oxygen atoms in total. The molecule has 4 heterocycles. The number of rotatable bonds is 5. The quantitative estimate of drug-likeness (QED) is 0.530. The molecule has 0 spiro atoms. The van der Waals surface area contributed by atoms with Gasteiger partial charge in [-0.05, 0) is 42.0 Å². The van der Waals surface area contributed by atoms with E-state index in [9.17, 15) is 27.5 Å². The Balaban J connectivity index is 1.73. The topological polar surface area (TPSA) is 119 Å². The maximum absolute atomic E-state index is 14.6. The van der Waals surface area contributed by atoms with Crippen molar-refractivity contribution in [3.05, 3.63) is 82.8 Å². The zero-order chi connectivity index (χ0) is 24.9. The molecule has 11 heteroatoms. The largest absolute Gasteiger partial charge is 0.469 e. The zero-order valence-electron chi connectivity index (χ0n) is 18.6. The standard InChI is InChI=1S/C24H22FN3O6S/c1-34-24(31)21-16(13-29)19-12-27-18(7-6-15(23(27)30)14-8-10-26-11-9-14)22(21)28(19)35(32,33)20-5-3-2-4-17(20)25/h2-11,16,19,21-22,29H,12-13H2,1H3/t16-,19-,21+,22+/m1/s1. The molecule has 2 aliphatic heterocycles. The average Bonchev–Trinajstić information content (AvgIpc) is 3.12. The number of ether oxygens (including phenoxy) is 1. The third-order valence-electron chi connectivity index (χ3n) is 6.84. The highest BCUT2D eigenvalue weighted by atomic mass is 32.2. The van der Waals surface area contributed by atoms with Crippen molar-refractivity contribution in [1.82, 2.24) is 13.9 Å². The summed E-state index contributed by atoms with van der Waals surface area (Å²) in [7, 11) is -3.27. The predicted molar refractivity (Wildman–Crippen MR) is 122 cm³/mol. The number of nitrogens with zero attached hydrogens (tertiary/aromatic N) is 3. The summed E-state index contributed by atoms with van der Waals surface area (Å²) in [6, 6.07) is 9.37. The van der Waals surface area contributed by atoms with Gasteiger partial charge >= 0.3 is 5.97 Å². The third kappa shape index (κ3) is 3.49. The minimum atomic E-state index is -4.45. The molecule has 182 valence electrons. The normalized spacial score (nSPS) is 23.6. The van der Waals surface area contributed by atoms with Crippen LogP contribution in [-0.2, 0) is 26.1 Å². The van der Waals surface area contributed by atoms with Gasteiger partial charge in [-0.3, -0.25) is 14.6 Å². The van der Waals surface area contributed by atoms with Gasteiger partial charge < -0.3 is 14.4 Å². The smallest absolute Gasteiger partial charge is 0.311 e. The molecule has 0 aliphatic carbocycles. The van der Waals surface area contributed by atoms with Crippen LogP contribution in [-0.4, -0.2) is 53.1 Å². The lowest BCUT2D eigenvalue weighted by Gasteiger charge is -2.37. The first-order valence-electron chi connectivity index (χ1n) is 10.9. The fraction of sp³-hybridized carbons (Fsp3) is 0.292. The van der Waals surface area contributed by atoms with Crippen molar-refractivity contribution in [3.63, 3.8) is 0 Å². The van der Waals surface area contributed by atoms with Gasteiger partial charge in [0.05, 0.1) is 19.1 Å². The highest BCUT2D eigenvalue weighted by molar-refractivity contribution is 7.89. The van der Waals surface area contributed by atoms with Crippen molar-refractivity contribution >= 4 is 16.0 Å². The molecule has 1 aromatic carbocycles. The van der Waals surface area contributed by atoms with E-state index in [1.54, 1.807) is 36.7 Å². The second kappa shape index (κ2) is 8.67. The zero-order valence-corrected chi connectivity index (χ0v) is 19.4. The minimum Gasteiger partial charge on any atom is -0.469 e. The van der Waals surface area contributed by atoms with Crippen LogP contribution < -0.4 is 5.56 Å². The van der Waals surface area contributed by atoms with Crippen molar-refractivity contribution in [3.8, 4) is 11.1 Å². The molecular formula is C24H22FN3O6S. The molecule has 0 radical (unpaired) electrons. The van der Waals surface area contributed by atoms with Crippen LogP contribution in [0.25, 0.3) is 11.1 Å². The molecule has 5 rings (SSSR count). The number of carbonyl (C=O) groups is 1. The number of esters is 1. The number of carbonyl (C=O) groups excluding carboxylic acids is 1. The van der Waals surface area contributed by atoms with Gasteiger partial charge in [-0.2, -0.15) is 4.31 Å². The Labute approximate surface area is 200 Å². The first-order chi connectivity index (χ1) is 16.8. The van der Waals surface area contributed by atoms with Crippen molar-refractivity contribution in [2.45, 2.75) is 23.5 Å². The van der Waals surface area contributed by atoms with E-state index >= 15 is 0 Å². The van der Waals surface area contributed by atoms with Crippen LogP contribution in [0.1, 0.15) is 11.7 Å². The summed E-state index contributed by atoms with van der Waals surface area (Å²) in [5.41, 5.74) is 0.928. The lowest BCUT2D eigenvalue weighted by atomic mass is 9.87. The second-order valence-corrected chi connectivity index (χ2v) is 10.3. The molecule has 3 aromatic rings. The lowest BCUT2D eigenvalue weighted by molar-refractivity contribution is -0.148. The fourth-order valence-corrected chi connectivity index (χ4v) is 7.21. The molecule has 35 heavy (non-hydrogen) atoms. The Kier molecular flexibility index (Phi) is 5.78. The monoisotopic (exact) mass is 499 g/mol. The van der Waals surface area contributed by atoms with E-state index in [-0.39, 0.29) is 17.8 Å². The Bertz CT molecular complexity index is 1460. The van der Waals surface area contributed by atoms with Crippen LogP contribution in [0.3, 0.4) is 0 Å². The number of sulfonamides is 1. The number of hydrogen-bond donors (Lipinski definition) is 1. The van der Waals surface area contributed by atoms with Gasteiger partial charge in [0, 0.05) is 48.8 Å². The van der Waals surface area contributed by atoms with E-state index in [0.29, 0.717) is 11.1 Å². The highest BCUT2D eigenvalue weighted by Gasteiger charge is 2.60. The summed E-state index contributed by atoms with van der Waals surface area (Å²) in [5.74, 6) is -3.60. The van der Waals surface area contributed by atoms with Crippen LogP contribution in [0.2, 0.25) is 0 Å². The lowest BCUT2D eigenvalue weighted by Crippen LogP contribution is -2.49. The summed E-state index contributed by atoms with van der Waals surface area (Å²) >= 11 is 0. The van der Waals surface area contributed by atoms with Gasteiger partial charge in [0.1, 0.15) is 10.7 Å². The van der Waals surface area contributed by atoms with Crippen LogP contribution in [0, 0.1) is 17.7 Å². The second-order valence-electron chi connectivity index (χ2n) is 8.50. The molecule has 0 amide bonds. The molecule has 2 aromatic heterocycles. The highest BCUT2D eigenvalue weighted by Crippen LogP contribution is 2.51. The molecule has 1 N–H and O–H groups in total. The Morgan fingerprint density at radius 2 is 1.89 bits per heavy atom. The summed E-state index contributed by atoms with van der Waals surface area (Å²) < 4.78 is 49.5. The summed E-state index contributed by atoms with van der Waals surface area (Å²) in [6.07, 6.45) is 3.11. The summed E-state index contributed by atoms with van der Waals surface area (Å²) in [4.78, 5) is 29.8. The predicted octanol–water partition coefficient (Wildman–Crippen LogP) is 1.57. The van der Waals surface area contributed by atoms with Crippen molar-refractivity contribution < 1.29 is 27.4 Å². The molecular weight excluding hydrogens is 477 g/mol. The number of halogens is 1. The molecule has 4 atom stereocenters. The molecule has 1 saturated heterocycles. The number of aliphatic hydroxyl groups is 1. The van der Waals surface area contributed by atoms with Gasteiger partial charge in [-0.15, -0.1) is 0 Å². The van der Waals surface area contributed by atoms with Crippen LogP contribution in [0.15, 0.2) is 70.6 Å². The number of benzene rings is 1. The molecule has 0 saturated carbocycles. The SMILES string of the molecule is COC(=O)[C@H]1[C@H](CO)[C@H]2Cn3c(ccc(-c4ccncc4)c3=O)[C@@H]1N2S(=O)(=O)c1ccccc1F. The van der Waals surface area contributed by atoms with Gasteiger partial charge in [0.25, 0.3) is 5.56 Å². The molecule has 2 aliphatic rings. The fourth-order valence-electron chi connectivity index (χ4n) is 5.30. The van der Waals surface area contributed by atoms with Gasteiger partial charge in [0.2, 0.25) is 10.0 Å². The van der Waals surface area contributed by atoms with Crippen LogP contribution in [0.4, 0.5) is 4.39 Å². The minimum absolute atomic E-state index is 0.115. The van der Waals surface area contributed by atoms with Gasteiger partial charge in [0.15, 0.2) is 0 Å². The number of fused-ring (bicyclic) bond motifs is 4. The number of methoxy groups -OCH3 is 1. The van der Waals surface area contributed by atoms with Gasteiger partial charge in [-0.1, -0.05) is 12.1 Å². The van der Waals surface area contributed by atoms with E-state index < -0.39 is 57.2 Å². The Morgan fingerprint density at radius 3 is 2.54 bits per heavy atom.